The van der Waals surface area contributed by atoms with Gasteiger partial charge in [0.1, 0.15) is 13.2 Å². The topological polar surface area (TPSA) is 78.9 Å². The van der Waals surface area contributed by atoms with E-state index in [2.05, 4.69) is 93.7 Å². The van der Waals surface area contributed by atoms with Crippen molar-refractivity contribution in [3.8, 4) is 0 Å². The van der Waals surface area contributed by atoms with Crippen LogP contribution >= 0.6 is 0 Å². The van der Waals surface area contributed by atoms with Crippen LogP contribution in [0.1, 0.15) is 226 Å². The molecule has 0 rings (SSSR count). The maximum Gasteiger partial charge on any atom is 0.306 e. The quantitative estimate of drug-likeness (QED) is 0.0200. The first-order valence-corrected chi connectivity index (χ1v) is 24.5. The number of esters is 3. The van der Waals surface area contributed by atoms with E-state index in [1.807, 2.05) is 0 Å². The zero-order valence-corrected chi connectivity index (χ0v) is 38.5. The summed E-state index contributed by atoms with van der Waals surface area (Å²) in [6.07, 6.45) is 58.8. The lowest BCUT2D eigenvalue weighted by Crippen LogP contribution is -2.30. The highest BCUT2D eigenvalue weighted by Crippen LogP contribution is 2.14. The Morgan fingerprint density at radius 2 is 0.712 bits per heavy atom. The zero-order chi connectivity index (χ0) is 43.0. The molecule has 0 aliphatic rings. The van der Waals surface area contributed by atoms with Gasteiger partial charge < -0.3 is 14.2 Å². The number of carbonyl (C=O) groups is 3. The van der Waals surface area contributed by atoms with Gasteiger partial charge in [0.25, 0.3) is 0 Å². The van der Waals surface area contributed by atoms with Crippen molar-refractivity contribution in [1.29, 1.82) is 0 Å². The highest BCUT2D eigenvalue weighted by atomic mass is 16.6. The molecule has 0 aliphatic carbocycles. The SMILES string of the molecule is CC/C=C\C/C=C\C/C=C\C/C=C\CCCCCC(=O)OCC(COC(=O)CCCCCCCCCCCC)OC(=O)CCCCCCCC/C=C\C=C/CCCCC. The Hall–Kier alpha value is -3.15. The number of unbranched alkanes of at least 4 members (excludes halogenated alkanes) is 21. The summed E-state index contributed by atoms with van der Waals surface area (Å²) >= 11 is 0. The van der Waals surface area contributed by atoms with Crippen LogP contribution in [0, 0.1) is 0 Å². The molecule has 0 saturated carbocycles. The molecule has 0 saturated heterocycles. The van der Waals surface area contributed by atoms with Gasteiger partial charge in [0.05, 0.1) is 0 Å². The zero-order valence-electron chi connectivity index (χ0n) is 38.5. The van der Waals surface area contributed by atoms with Crippen LogP contribution in [0.25, 0.3) is 0 Å². The molecule has 0 fully saturated rings. The second-order valence-electron chi connectivity index (χ2n) is 16.0. The van der Waals surface area contributed by atoms with Crippen molar-refractivity contribution in [3.63, 3.8) is 0 Å². The predicted molar refractivity (Wildman–Crippen MR) is 251 cm³/mol. The van der Waals surface area contributed by atoms with E-state index in [0.717, 1.165) is 103 Å². The molecule has 1 unspecified atom stereocenters. The Labute approximate surface area is 363 Å². The van der Waals surface area contributed by atoms with Crippen molar-refractivity contribution in [2.45, 2.75) is 232 Å². The maximum atomic E-state index is 12.8. The van der Waals surface area contributed by atoms with Gasteiger partial charge in [-0.15, -0.1) is 0 Å². The summed E-state index contributed by atoms with van der Waals surface area (Å²) < 4.78 is 16.7. The van der Waals surface area contributed by atoms with Gasteiger partial charge in [0, 0.05) is 19.3 Å². The molecule has 0 bridgehead atoms. The molecule has 0 aromatic heterocycles. The number of carbonyl (C=O) groups excluding carboxylic acids is 3. The number of allylic oxidation sites excluding steroid dienone is 12. The molecule has 0 amide bonds. The van der Waals surface area contributed by atoms with Crippen molar-refractivity contribution in [2.75, 3.05) is 13.2 Å². The van der Waals surface area contributed by atoms with Crippen LogP contribution in [-0.4, -0.2) is 37.2 Å². The van der Waals surface area contributed by atoms with Crippen LogP contribution in [0.2, 0.25) is 0 Å². The van der Waals surface area contributed by atoms with Crippen LogP contribution in [-0.2, 0) is 28.6 Å². The van der Waals surface area contributed by atoms with Crippen molar-refractivity contribution < 1.29 is 28.6 Å². The number of rotatable bonds is 43. The fourth-order valence-electron chi connectivity index (χ4n) is 6.54. The summed E-state index contributed by atoms with van der Waals surface area (Å²) in [5.74, 6) is -0.937. The molecule has 0 aliphatic heterocycles. The third-order valence-corrected chi connectivity index (χ3v) is 10.2. The van der Waals surface area contributed by atoms with E-state index in [-0.39, 0.29) is 31.1 Å². The van der Waals surface area contributed by atoms with Crippen LogP contribution in [0.3, 0.4) is 0 Å². The first-order chi connectivity index (χ1) is 29.0. The van der Waals surface area contributed by atoms with Gasteiger partial charge in [-0.05, 0) is 83.5 Å². The molecule has 0 heterocycles. The molecule has 0 radical (unpaired) electrons. The monoisotopic (exact) mass is 823 g/mol. The van der Waals surface area contributed by atoms with Crippen LogP contribution < -0.4 is 0 Å². The van der Waals surface area contributed by atoms with Crippen LogP contribution in [0.4, 0.5) is 0 Å². The molecular formula is C53H90O6. The molecule has 59 heavy (non-hydrogen) atoms. The summed E-state index contributed by atoms with van der Waals surface area (Å²) in [6.45, 7) is 6.44. The number of hydrogen-bond donors (Lipinski definition) is 0. The standard InChI is InChI=1S/C53H90O6/c1-4-7-10-13-16-19-22-24-26-28-29-31-34-37-40-43-46-52(55)58-49-50(48-57-51(54)45-42-39-36-33-21-18-15-12-9-6-3)59-53(56)47-44-41-38-35-32-30-27-25-23-20-17-14-11-8-5-2/h7,10,16-17,19-20,23-26,29,31,50H,4-6,8-9,11-15,18,21-22,27-28,30,32-49H2,1-3H3/b10-7-,19-16-,20-17-,25-23-,26-24-,31-29-. The summed E-state index contributed by atoms with van der Waals surface area (Å²) in [5.41, 5.74) is 0. The molecule has 0 spiro atoms. The van der Waals surface area contributed by atoms with E-state index in [0.29, 0.717) is 19.3 Å². The summed E-state index contributed by atoms with van der Waals surface area (Å²) in [6, 6.07) is 0. The highest BCUT2D eigenvalue weighted by Gasteiger charge is 2.19. The predicted octanol–water partition coefficient (Wildman–Crippen LogP) is 15.9. The van der Waals surface area contributed by atoms with Crippen LogP contribution in [0.15, 0.2) is 72.9 Å². The van der Waals surface area contributed by atoms with E-state index >= 15 is 0 Å². The Balaban J connectivity index is 4.44. The minimum atomic E-state index is -0.791. The van der Waals surface area contributed by atoms with Gasteiger partial charge in [0.2, 0.25) is 0 Å². The van der Waals surface area contributed by atoms with Gasteiger partial charge in [-0.1, -0.05) is 196 Å². The number of hydrogen-bond acceptors (Lipinski definition) is 6. The molecular weight excluding hydrogens is 733 g/mol. The summed E-state index contributed by atoms with van der Waals surface area (Å²) in [5, 5.41) is 0. The second kappa shape index (κ2) is 47.5. The maximum absolute atomic E-state index is 12.8. The normalized spacial score (nSPS) is 12.7. The van der Waals surface area contributed by atoms with E-state index < -0.39 is 6.10 Å². The third kappa shape index (κ3) is 45.8. The Morgan fingerprint density at radius 1 is 0.373 bits per heavy atom. The lowest BCUT2D eigenvalue weighted by molar-refractivity contribution is -0.167. The van der Waals surface area contributed by atoms with E-state index in [1.165, 1.54) is 83.5 Å². The fraction of sp³-hybridized carbons (Fsp3) is 0.717. The van der Waals surface area contributed by atoms with Crippen molar-refractivity contribution in [2.24, 2.45) is 0 Å². The summed E-state index contributed by atoms with van der Waals surface area (Å²) in [7, 11) is 0. The second-order valence-corrected chi connectivity index (χ2v) is 16.0. The molecule has 0 N–H and O–H groups in total. The van der Waals surface area contributed by atoms with Gasteiger partial charge >= 0.3 is 17.9 Å². The Kier molecular flexibility index (Phi) is 45.0. The van der Waals surface area contributed by atoms with Crippen molar-refractivity contribution in [3.05, 3.63) is 72.9 Å². The lowest BCUT2D eigenvalue weighted by Gasteiger charge is -2.18. The average molecular weight is 823 g/mol. The van der Waals surface area contributed by atoms with Gasteiger partial charge in [-0.25, -0.2) is 0 Å². The van der Waals surface area contributed by atoms with E-state index in [1.54, 1.807) is 0 Å². The highest BCUT2D eigenvalue weighted by molar-refractivity contribution is 5.71. The van der Waals surface area contributed by atoms with Gasteiger partial charge in [-0.3, -0.25) is 14.4 Å². The molecule has 338 valence electrons. The smallest absolute Gasteiger partial charge is 0.306 e. The lowest BCUT2D eigenvalue weighted by atomic mass is 10.1. The van der Waals surface area contributed by atoms with Crippen molar-refractivity contribution >= 4 is 17.9 Å². The van der Waals surface area contributed by atoms with Crippen molar-refractivity contribution in [1.82, 2.24) is 0 Å². The number of ether oxygens (including phenoxy) is 3. The fourth-order valence-corrected chi connectivity index (χ4v) is 6.54. The van der Waals surface area contributed by atoms with E-state index in [9.17, 15) is 14.4 Å². The van der Waals surface area contributed by atoms with Gasteiger partial charge in [0.15, 0.2) is 6.10 Å². The molecule has 6 nitrogen and oxygen atoms in total. The molecule has 0 aromatic carbocycles. The minimum absolute atomic E-state index is 0.0897. The third-order valence-electron chi connectivity index (χ3n) is 10.2. The Bertz CT molecular complexity index is 1130. The van der Waals surface area contributed by atoms with Gasteiger partial charge in [-0.2, -0.15) is 0 Å². The first-order valence-electron chi connectivity index (χ1n) is 24.5. The van der Waals surface area contributed by atoms with Crippen LogP contribution in [0.5, 0.6) is 0 Å². The molecule has 6 heteroatoms. The molecule has 0 aromatic rings. The molecule has 1 atom stereocenters. The Morgan fingerprint density at radius 3 is 1.19 bits per heavy atom. The first kappa shape index (κ1) is 55.9. The summed E-state index contributed by atoms with van der Waals surface area (Å²) in [4.78, 5) is 37.8. The van der Waals surface area contributed by atoms with E-state index in [4.69, 9.17) is 14.2 Å². The average Bonchev–Trinajstić information content (AvgIpc) is 3.23. The minimum Gasteiger partial charge on any atom is -0.462 e. The largest absolute Gasteiger partial charge is 0.462 e.